The third-order valence-electron chi connectivity index (χ3n) is 3.14. The molecule has 19 heavy (non-hydrogen) atoms. The summed E-state index contributed by atoms with van der Waals surface area (Å²) in [6.45, 7) is 4.38. The summed E-state index contributed by atoms with van der Waals surface area (Å²) in [5.41, 5.74) is 1.19. The molecule has 1 unspecified atom stereocenters. The van der Waals surface area contributed by atoms with Gasteiger partial charge in [-0.1, -0.05) is 51.7 Å². The summed E-state index contributed by atoms with van der Waals surface area (Å²) in [5, 5.41) is 0. The van der Waals surface area contributed by atoms with Gasteiger partial charge in [0.05, 0.1) is 10.7 Å². The van der Waals surface area contributed by atoms with E-state index in [-0.39, 0.29) is 5.75 Å². The van der Waals surface area contributed by atoms with Crippen LogP contribution in [-0.4, -0.2) is 8.42 Å². The Morgan fingerprint density at radius 2 is 1.79 bits per heavy atom. The molecular formula is C14H21ClO3S. The molecule has 0 saturated carbocycles. The average Bonchev–Trinajstić information content (AvgIpc) is 2.33. The van der Waals surface area contributed by atoms with Crippen LogP contribution in [0.4, 0.5) is 0 Å². The largest absolute Gasteiger partial charge is 0.401 e. The van der Waals surface area contributed by atoms with Crippen molar-refractivity contribution in [2.45, 2.75) is 51.9 Å². The average molecular weight is 305 g/mol. The minimum atomic E-state index is -3.96. The molecule has 0 aliphatic carbocycles. The van der Waals surface area contributed by atoms with Gasteiger partial charge in [-0.3, -0.25) is 0 Å². The second-order valence-corrected chi connectivity index (χ2v) is 6.88. The molecule has 3 nitrogen and oxygen atoms in total. The van der Waals surface area contributed by atoms with Gasteiger partial charge in [0.25, 0.3) is 0 Å². The Morgan fingerprint density at radius 3 is 2.32 bits per heavy atom. The molecule has 0 saturated heterocycles. The van der Waals surface area contributed by atoms with E-state index in [0.29, 0.717) is 5.92 Å². The Bertz CT molecular complexity index is 468. The molecule has 1 aromatic carbocycles. The Labute approximate surface area is 120 Å². The zero-order valence-corrected chi connectivity index (χ0v) is 13.0. The van der Waals surface area contributed by atoms with Gasteiger partial charge < -0.3 is 4.18 Å². The quantitative estimate of drug-likeness (QED) is 0.520. The third kappa shape index (κ3) is 6.83. The lowest BCUT2D eigenvalue weighted by Crippen LogP contribution is -2.00. The fourth-order valence-corrected chi connectivity index (χ4v) is 2.57. The Morgan fingerprint density at radius 1 is 1.16 bits per heavy atom. The van der Waals surface area contributed by atoms with E-state index >= 15 is 0 Å². The van der Waals surface area contributed by atoms with Gasteiger partial charge in [-0.15, -0.1) is 0 Å². The molecular weight excluding hydrogens is 284 g/mol. The minimum Gasteiger partial charge on any atom is -0.371 e. The van der Waals surface area contributed by atoms with E-state index in [1.165, 1.54) is 31.2 Å². The maximum atomic E-state index is 10.8. The number of rotatable bonds is 8. The van der Waals surface area contributed by atoms with Gasteiger partial charge in [0.15, 0.2) is 0 Å². The van der Waals surface area contributed by atoms with Crippen molar-refractivity contribution in [1.82, 2.24) is 0 Å². The van der Waals surface area contributed by atoms with Gasteiger partial charge >= 0.3 is 9.33 Å². The predicted molar refractivity (Wildman–Crippen MR) is 79.0 cm³/mol. The second-order valence-electron chi connectivity index (χ2n) is 4.80. The number of benzene rings is 1. The molecule has 0 spiro atoms. The Hall–Kier alpha value is -0.740. The first-order valence-corrected chi connectivity index (χ1v) is 8.90. The highest BCUT2D eigenvalue weighted by Gasteiger charge is 2.09. The molecule has 1 rings (SSSR count). The standard InChI is InChI=1S/C14H21ClO3S/c1-3-4-5-6-7-12(2)13-8-10-14(11-9-13)18-19(15,16)17/h8-12H,3-7H2,1-2H3. The normalized spacial score (nSPS) is 13.2. The van der Waals surface area contributed by atoms with Crippen molar-refractivity contribution < 1.29 is 12.6 Å². The Balaban J connectivity index is 2.51. The van der Waals surface area contributed by atoms with Crippen molar-refractivity contribution >= 4 is 20.0 Å². The van der Waals surface area contributed by atoms with Crippen LogP contribution in [0, 0.1) is 0 Å². The van der Waals surface area contributed by atoms with Crippen molar-refractivity contribution in [1.29, 1.82) is 0 Å². The lowest BCUT2D eigenvalue weighted by molar-refractivity contribution is 0.503. The summed E-state index contributed by atoms with van der Waals surface area (Å²) in [4.78, 5) is 0. The van der Waals surface area contributed by atoms with Crippen LogP contribution in [0.1, 0.15) is 57.4 Å². The fourth-order valence-electron chi connectivity index (χ4n) is 2.01. The molecule has 0 N–H and O–H groups in total. The summed E-state index contributed by atoms with van der Waals surface area (Å²) >= 11 is 0. The molecule has 0 aromatic heterocycles. The summed E-state index contributed by atoms with van der Waals surface area (Å²) in [7, 11) is 1.06. The van der Waals surface area contributed by atoms with Gasteiger partial charge in [0, 0.05) is 0 Å². The first kappa shape index (κ1) is 16.3. The van der Waals surface area contributed by atoms with Crippen LogP contribution in [0.2, 0.25) is 0 Å². The van der Waals surface area contributed by atoms with Crippen molar-refractivity contribution in [2.24, 2.45) is 0 Å². The van der Waals surface area contributed by atoms with Crippen molar-refractivity contribution in [3.63, 3.8) is 0 Å². The molecule has 0 aliphatic heterocycles. The van der Waals surface area contributed by atoms with Gasteiger partial charge in [-0.2, -0.15) is 8.42 Å². The van der Waals surface area contributed by atoms with Crippen LogP contribution in [0.3, 0.4) is 0 Å². The molecule has 0 bridgehead atoms. The van der Waals surface area contributed by atoms with Crippen LogP contribution in [-0.2, 0) is 9.33 Å². The number of hydrogen-bond acceptors (Lipinski definition) is 3. The highest BCUT2D eigenvalue weighted by Crippen LogP contribution is 2.25. The van der Waals surface area contributed by atoms with Crippen LogP contribution < -0.4 is 4.18 Å². The predicted octanol–water partition coefficient (Wildman–Crippen LogP) is 4.62. The molecule has 0 fully saturated rings. The minimum absolute atomic E-state index is 0.247. The van der Waals surface area contributed by atoms with Gasteiger partial charge in [0.2, 0.25) is 0 Å². The molecule has 0 heterocycles. The van der Waals surface area contributed by atoms with E-state index in [1.807, 2.05) is 12.1 Å². The highest BCUT2D eigenvalue weighted by atomic mass is 35.7. The summed E-state index contributed by atoms with van der Waals surface area (Å²) in [6, 6.07) is 7.05. The third-order valence-corrected chi connectivity index (χ3v) is 3.72. The van der Waals surface area contributed by atoms with Crippen molar-refractivity contribution in [2.75, 3.05) is 0 Å². The van der Waals surface area contributed by atoms with Gasteiger partial charge in [-0.05, 0) is 30.0 Å². The second kappa shape index (κ2) is 7.75. The maximum absolute atomic E-state index is 10.8. The van der Waals surface area contributed by atoms with E-state index in [1.54, 1.807) is 12.1 Å². The fraction of sp³-hybridized carbons (Fsp3) is 0.571. The van der Waals surface area contributed by atoms with Gasteiger partial charge in [-0.25, -0.2) is 0 Å². The molecule has 0 amide bonds. The van der Waals surface area contributed by atoms with Crippen LogP contribution in [0.15, 0.2) is 24.3 Å². The van der Waals surface area contributed by atoms with Crippen molar-refractivity contribution in [3.8, 4) is 5.75 Å². The monoisotopic (exact) mass is 304 g/mol. The van der Waals surface area contributed by atoms with Crippen molar-refractivity contribution in [3.05, 3.63) is 29.8 Å². The topological polar surface area (TPSA) is 43.4 Å². The van der Waals surface area contributed by atoms with E-state index < -0.39 is 9.33 Å². The summed E-state index contributed by atoms with van der Waals surface area (Å²) in [6.07, 6.45) is 6.17. The molecule has 108 valence electrons. The first-order chi connectivity index (χ1) is 8.92. The zero-order valence-electron chi connectivity index (χ0n) is 11.4. The molecule has 0 aliphatic rings. The van der Waals surface area contributed by atoms with Gasteiger partial charge in [0.1, 0.15) is 5.75 Å². The van der Waals surface area contributed by atoms with E-state index in [9.17, 15) is 8.42 Å². The van der Waals surface area contributed by atoms with Crippen LogP contribution in [0.25, 0.3) is 0 Å². The van der Waals surface area contributed by atoms with E-state index in [2.05, 4.69) is 18.0 Å². The molecule has 5 heteroatoms. The summed E-state index contributed by atoms with van der Waals surface area (Å²) in [5.74, 6) is 0.718. The summed E-state index contributed by atoms with van der Waals surface area (Å²) < 4.78 is 26.1. The number of hydrogen-bond donors (Lipinski definition) is 0. The first-order valence-electron chi connectivity index (χ1n) is 6.66. The zero-order chi connectivity index (χ0) is 14.3. The SMILES string of the molecule is CCCCCCC(C)c1ccc(OS(=O)(=O)Cl)cc1. The van der Waals surface area contributed by atoms with Crippen LogP contribution in [0.5, 0.6) is 5.75 Å². The molecule has 1 atom stereocenters. The number of halogens is 1. The molecule has 0 radical (unpaired) electrons. The highest BCUT2D eigenvalue weighted by molar-refractivity contribution is 8.10. The molecule has 1 aromatic rings. The van der Waals surface area contributed by atoms with E-state index in [0.717, 1.165) is 6.42 Å². The smallest absolute Gasteiger partial charge is 0.371 e. The van der Waals surface area contributed by atoms with E-state index in [4.69, 9.17) is 10.7 Å². The van der Waals surface area contributed by atoms with Crippen LogP contribution >= 0.6 is 10.7 Å². The number of unbranched alkanes of at least 4 members (excludes halogenated alkanes) is 3. The lowest BCUT2D eigenvalue weighted by Gasteiger charge is -2.12. The lowest BCUT2D eigenvalue weighted by atomic mass is 9.95. The Kier molecular flexibility index (Phi) is 6.66. The maximum Gasteiger partial charge on any atom is 0.401 e.